The summed E-state index contributed by atoms with van der Waals surface area (Å²) in [5.74, 6) is 2.46. The number of halogens is 2. The zero-order chi connectivity index (χ0) is 17.8. The highest BCUT2D eigenvalue weighted by Crippen LogP contribution is 2.32. The zero-order valence-electron chi connectivity index (χ0n) is 16.6. The van der Waals surface area contributed by atoms with Gasteiger partial charge in [0.2, 0.25) is 0 Å². The van der Waals surface area contributed by atoms with Gasteiger partial charge in [-0.25, -0.2) is 4.98 Å². The van der Waals surface area contributed by atoms with E-state index in [1.54, 1.807) is 0 Å². The summed E-state index contributed by atoms with van der Waals surface area (Å²) in [6.07, 6.45) is 0.160. The number of anilines is 1. The van der Waals surface area contributed by atoms with Gasteiger partial charge in [0.15, 0.2) is 0 Å². The minimum Gasteiger partial charge on any atom is -0.491 e. The molecule has 1 aliphatic rings. The molecule has 0 aliphatic carbocycles. The van der Waals surface area contributed by atoms with E-state index in [4.69, 9.17) is 9.72 Å². The standard InChI is InChI=1S/C21H29N3O.2ClH/c1-15(2)18-9-8-17(14-20(18)25-16(3)4)19-6-5-7-21(23-19)24-12-10-22-11-13-24;;/h5-9,14-16,22H,10-13H2,1-4H3;2*1H. The quantitative estimate of drug-likeness (QED) is 0.757. The predicted octanol–water partition coefficient (Wildman–Crippen LogP) is 4.91. The Labute approximate surface area is 175 Å². The van der Waals surface area contributed by atoms with Crippen LogP contribution in [-0.2, 0) is 0 Å². The first-order valence-corrected chi connectivity index (χ1v) is 9.28. The first-order valence-electron chi connectivity index (χ1n) is 9.28. The molecule has 1 aliphatic heterocycles. The first kappa shape index (κ1) is 23.5. The number of aromatic nitrogens is 1. The van der Waals surface area contributed by atoms with Gasteiger partial charge in [0.25, 0.3) is 0 Å². The van der Waals surface area contributed by atoms with Gasteiger partial charge in [-0.1, -0.05) is 32.0 Å². The fraction of sp³-hybridized carbons (Fsp3) is 0.476. The van der Waals surface area contributed by atoms with Gasteiger partial charge >= 0.3 is 0 Å². The van der Waals surface area contributed by atoms with E-state index in [0.29, 0.717) is 5.92 Å². The lowest BCUT2D eigenvalue weighted by molar-refractivity contribution is 0.239. The van der Waals surface area contributed by atoms with Crippen LogP contribution in [-0.4, -0.2) is 37.3 Å². The molecular formula is C21H31Cl2N3O. The van der Waals surface area contributed by atoms with Crippen LogP contribution in [0.3, 0.4) is 0 Å². The summed E-state index contributed by atoms with van der Waals surface area (Å²) in [5.41, 5.74) is 3.35. The maximum absolute atomic E-state index is 6.07. The van der Waals surface area contributed by atoms with Gasteiger partial charge in [0.05, 0.1) is 11.8 Å². The Morgan fingerprint density at radius 3 is 2.33 bits per heavy atom. The smallest absolute Gasteiger partial charge is 0.129 e. The number of hydrogen-bond acceptors (Lipinski definition) is 4. The van der Waals surface area contributed by atoms with Crippen molar-refractivity contribution in [3.05, 3.63) is 42.0 Å². The van der Waals surface area contributed by atoms with Gasteiger partial charge < -0.3 is 15.0 Å². The second kappa shape index (κ2) is 10.7. The number of nitrogens with one attached hydrogen (secondary N) is 1. The molecule has 0 atom stereocenters. The largest absolute Gasteiger partial charge is 0.491 e. The number of rotatable bonds is 5. The molecule has 6 heteroatoms. The Balaban J connectivity index is 0.00000182. The average molecular weight is 412 g/mol. The summed E-state index contributed by atoms with van der Waals surface area (Å²) in [6.45, 7) is 12.6. The van der Waals surface area contributed by atoms with Gasteiger partial charge in [0.1, 0.15) is 11.6 Å². The normalized spacial score (nSPS) is 13.9. The van der Waals surface area contributed by atoms with Crippen molar-refractivity contribution in [1.29, 1.82) is 0 Å². The van der Waals surface area contributed by atoms with Crippen molar-refractivity contribution in [2.24, 2.45) is 0 Å². The lowest BCUT2D eigenvalue weighted by Crippen LogP contribution is -2.43. The highest BCUT2D eigenvalue weighted by Gasteiger charge is 2.14. The molecule has 1 aromatic heterocycles. The van der Waals surface area contributed by atoms with Crippen LogP contribution in [0.25, 0.3) is 11.3 Å². The molecule has 0 spiro atoms. The summed E-state index contributed by atoms with van der Waals surface area (Å²) in [4.78, 5) is 7.25. The van der Waals surface area contributed by atoms with Crippen molar-refractivity contribution in [1.82, 2.24) is 10.3 Å². The van der Waals surface area contributed by atoms with Crippen LogP contribution in [0.15, 0.2) is 36.4 Å². The molecule has 4 nitrogen and oxygen atoms in total. The average Bonchev–Trinajstić information content (AvgIpc) is 2.62. The van der Waals surface area contributed by atoms with Gasteiger partial charge in [-0.05, 0) is 43.5 Å². The van der Waals surface area contributed by atoms with E-state index >= 15 is 0 Å². The zero-order valence-corrected chi connectivity index (χ0v) is 18.2. The van der Waals surface area contributed by atoms with Gasteiger partial charge in [-0.2, -0.15) is 0 Å². The highest BCUT2D eigenvalue weighted by atomic mass is 35.5. The van der Waals surface area contributed by atoms with Crippen LogP contribution in [0.1, 0.15) is 39.2 Å². The van der Waals surface area contributed by atoms with Crippen LogP contribution < -0.4 is 15.0 Å². The van der Waals surface area contributed by atoms with Crippen LogP contribution in [0, 0.1) is 0 Å². The fourth-order valence-corrected chi connectivity index (χ4v) is 3.18. The van der Waals surface area contributed by atoms with E-state index in [9.17, 15) is 0 Å². The Morgan fingerprint density at radius 1 is 1.00 bits per heavy atom. The topological polar surface area (TPSA) is 37.4 Å². The van der Waals surface area contributed by atoms with Crippen LogP contribution in [0.5, 0.6) is 5.75 Å². The van der Waals surface area contributed by atoms with Crippen LogP contribution in [0.4, 0.5) is 5.82 Å². The fourth-order valence-electron chi connectivity index (χ4n) is 3.18. The molecule has 1 aromatic carbocycles. The Morgan fingerprint density at radius 2 is 1.70 bits per heavy atom. The number of ether oxygens (including phenoxy) is 1. The van der Waals surface area contributed by atoms with Crippen molar-refractivity contribution >= 4 is 30.6 Å². The predicted molar refractivity (Wildman–Crippen MR) is 119 cm³/mol. The van der Waals surface area contributed by atoms with Crippen molar-refractivity contribution in [2.75, 3.05) is 31.1 Å². The summed E-state index contributed by atoms with van der Waals surface area (Å²) in [5, 5.41) is 3.39. The van der Waals surface area contributed by atoms with Crippen molar-refractivity contribution in [3.8, 4) is 17.0 Å². The van der Waals surface area contributed by atoms with Crippen molar-refractivity contribution in [3.63, 3.8) is 0 Å². The summed E-state index contributed by atoms with van der Waals surface area (Å²) < 4.78 is 6.07. The number of hydrogen-bond donors (Lipinski definition) is 1. The molecule has 0 amide bonds. The lowest BCUT2D eigenvalue weighted by Gasteiger charge is -2.28. The SMILES string of the molecule is CC(C)Oc1cc(-c2cccc(N3CCNCC3)n2)ccc1C(C)C.Cl.Cl. The highest BCUT2D eigenvalue weighted by molar-refractivity contribution is 5.85. The molecule has 1 N–H and O–H groups in total. The monoisotopic (exact) mass is 411 g/mol. The molecule has 27 heavy (non-hydrogen) atoms. The molecule has 3 rings (SSSR count). The molecule has 0 unspecified atom stereocenters. The second-order valence-electron chi connectivity index (χ2n) is 7.19. The van der Waals surface area contributed by atoms with E-state index in [1.165, 1.54) is 5.56 Å². The molecule has 0 saturated carbocycles. The molecule has 1 fully saturated rings. The Hall–Kier alpha value is -1.49. The van der Waals surface area contributed by atoms with Crippen molar-refractivity contribution < 1.29 is 4.74 Å². The minimum atomic E-state index is 0. The van der Waals surface area contributed by atoms with Crippen molar-refractivity contribution in [2.45, 2.75) is 39.7 Å². The van der Waals surface area contributed by atoms with E-state index in [0.717, 1.165) is 49.0 Å². The second-order valence-corrected chi connectivity index (χ2v) is 7.19. The maximum Gasteiger partial charge on any atom is 0.129 e. The number of pyridine rings is 1. The van der Waals surface area contributed by atoms with E-state index < -0.39 is 0 Å². The van der Waals surface area contributed by atoms with Crippen LogP contribution >= 0.6 is 24.8 Å². The molecule has 1 saturated heterocycles. The van der Waals surface area contributed by atoms with Gasteiger partial charge in [-0.15, -0.1) is 24.8 Å². The third kappa shape index (κ3) is 6.00. The summed E-state index contributed by atoms with van der Waals surface area (Å²) in [6, 6.07) is 12.7. The van der Waals surface area contributed by atoms with E-state index in [1.807, 2.05) is 0 Å². The minimum absolute atomic E-state index is 0. The molecule has 150 valence electrons. The third-order valence-electron chi connectivity index (χ3n) is 4.47. The van der Waals surface area contributed by atoms with E-state index in [-0.39, 0.29) is 30.9 Å². The van der Waals surface area contributed by atoms with Gasteiger partial charge in [-0.3, -0.25) is 0 Å². The Bertz CT molecular complexity index is 716. The number of benzene rings is 1. The molecule has 0 bridgehead atoms. The molecule has 0 radical (unpaired) electrons. The van der Waals surface area contributed by atoms with Gasteiger partial charge in [0, 0.05) is 31.7 Å². The summed E-state index contributed by atoms with van der Waals surface area (Å²) >= 11 is 0. The summed E-state index contributed by atoms with van der Waals surface area (Å²) in [7, 11) is 0. The number of piperazine rings is 1. The van der Waals surface area contributed by atoms with E-state index in [2.05, 4.69) is 74.3 Å². The molecule has 2 heterocycles. The first-order chi connectivity index (χ1) is 12.0. The Kier molecular flexibility index (Phi) is 9.37. The number of nitrogens with zero attached hydrogens (tertiary/aromatic N) is 2. The molecule has 2 aromatic rings. The lowest BCUT2D eigenvalue weighted by atomic mass is 9.99. The maximum atomic E-state index is 6.07. The molecular weight excluding hydrogens is 381 g/mol. The van der Waals surface area contributed by atoms with Crippen LogP contribution in [0.2, 0.25) is 0 Å². The third-order valence-corrected chi connectivity index (χ3v) is 4.47.